The third-order valence-corrected chi connectivity index (χ3v) is 3.95. The number of aryl methyl sites for hydroxylation is 1. The highest BCUT2D eigenvalue weighted by Crippen LogP contribution is 2.29. The first-order valence-corrected chi connectivity index (χ1v) is 6.99. The fourth-order valence-corrected chi connectivity index (χ4v) is 2.74. The predicted molar refractivity (Wildman–Crippen MR) is 77.3 cm³/mol. The van der Waals surface area contributed by atoms with Crippen molar-refractivity contribution < 1.29 is 4.74 Å². The van der Waals surface area contributed by atoms with Gasteiger partial charge in [0.2, 0.25) is 0 Å². The smallest absolute Gasteiger partial charge is 0.123 e. The van der Waals surface area contributed by atoms with E-state index in [4.69, 9.17) is 10.5 Å². The maximum Gasteiger partial charge on any atom is 0.123 e. The Bertz CT molecular complexity index is 574. The fourth-order valence-electron chi connectivity index (χ4n) is 2.74. The lowest BCUT2D eigenvalue weighted by atomic mass is 9.93. The van der Waals surface area contributed by atoms with Gasteiger partial charge in [-0.2, -0.15) is 0 Å². The minimum atomic E-state index is 0.317. The van der Waals surface area contributed by atoms with Gasteiger partial charge >= 0.3 is 0 Å². The summed E-state index contributed by atoms with van der Waals surface area (Å²) in [5.74, 6) is 0.999. The van der Waals surface area contributed by atoms with Crippen molar-refractivity contribution in [1.82, 2.24) is 4.98 Å². The average molecular weight is 256 g/mol. The molecule has 3 rings (SSSR count). The molecule has 0 amide bonds. The van der Waals surface area contributed by atoms with Crippen molar-refractivity contribution in [1.29, 1.82) is 0 Å². The van der Waals surface area contributed by atoms with Crippen LogP contribution >= 0.6 is 0 Å². The number of ether oxygens (including phenoxy) is 1. The molecule has 1 heterocycles. The van der Waals surface area contributed by atoms with Crippen LogP contribution < -0.4 is 10.5 Å². The minimum absolute atomic E-state index is 0.317. The zero-order valence-electron chi connectivity index (χ0n) is 11.3. The molecule has 2 N–H and O–H groups in total. The third kappa shape index (κ3) is 2.71. The van der Waals surface area contributed by atoms with Gasteiger partial charge < -0.3 is 10.5 Å². The summed E-state index contributed by atoms with van der Waals surface area (Å²) in [6.45, 7) is 2.09. The van der Waals surface area contributed by atoms with Crippen LogP contribution in [0.2, 0.25) is 0 Å². The Labute approximate surface area is 113 Å². The van der Waals surface area contributed by atoms with E-state index >= 15 is 0 Å². The van der Waals surface area contributed by atoms with Crippen molar-refractivity contribution in [3.8, 4) is 5.75 Å². The van der Waals surface area contributed by atoms with Crippen molar-refractivity contribution in [2.24, 2.45) is 5.73 Å². The quantitative estimate of drug-likeness (QED) is 0.897. The average Bonchev–Trinajstić information content (AvgIpc) is 2.42. The molecular formula is C16H20N2O. The highest BCUT2D eigenvalue weighted by molar-refractivity contribution is 5.84. The molecule has 2 aromatic rings. The van der Waals surface area contributed by atoms with Crippen molar-refractivity contribution in [3.63, 3.8) is 0 Å². The summed E-state index contributed by atoms with van der Waals surface area (Å²) < 4.78 is 6.17. The summed E-state index contributed by atoms with van der Waals surface area (Å²) in [6.07, 6.45) is 8.30. The van der Waals surface area contributed by atoms with Crippen LogP contribution in [0.5, 0.6) is 5.75 Å². The zero-order valence-corrected chi connectivity index (χ0v) is 11.3. The second-order valence-corrected chi connectivity index (χ2v) is 5.50. The molecule has 0 bridgehead atoms. The topological polar surface area (TPSA) is 48.1 Å². The van der Waals surface area contributed by atoms with Crippen LogP contribution in [0.3, 0.4) is 0 Å². The first-order valence-electron chi connectivity index (χ1n) is 6.99. The summed E-state index contributed by atoms with van der Waals surface area (Å²) in [7, 11) is 0. The number of fused-ring (bicyclic) bond motifs is 1. The van der Waals surface area contributed by atoms with E-state index in [-0.39, 0.29) is 0 Å². The zero-order chi connectivity index (χ0) is 13.2. The molecule has 1 aliphatic carbocycles. The molecule has 0 atom stereocenters. The Kier molecular flexibility index (Phi) is 3.38. The SMILES string of the molecule is Cc1cc2cnccc2cc1OC1CCC(N)CC1. The van der Waals surface area contributed by atoms with Gasteiger partial charge in [-0.3, -0.25) is 4.98 Å². The first kappa shape index (κ1) is 12.4. The molecule has 0 aliphatic heterocycles. The lowest BCUT2D eigenvalue weighted by Gasteiger charge is -2.27. The molecule has 0 saturated heterocycles. The van der Waals surface area contributed by atoms with Crippen LogP contribution in [-0.4, -0.2) is 17.1 Å². The summed E-state index contributed by atoms with van der Waals surface area (Å²) in [5.41, 5.74) is 7.11. The maximum atomic E-state index is 6.17. The maximum absolute atomic E-state index is 6.17. The molecule has 19 heavy (non-hydrogen) atoms. The van der Waals surface area contributed by atoms with E-state index in [1.54, 1.807) is 0 Å². The van der Waals surface area contributed by atoms with Crippen LogP contribution in [0.15, 0.2) is 30.6 Å². The molecule has 100 valence electrons. The number of pyridine rings is 1. The number of nitrogens with two attached hydrogens (primary N) is 1. The Morgan fingerprint density at radius 2 is 1.95 bits per heavy atom. The van der Waals surface area contributed by atoms with E-state index in [0.29, 0.717) is 12.1 Å². The molecule has 1 aliphatic rings. The van der Waals surface area contributed by atoms with Gasteiger partial charge in [0.05, 0.1) is 6.10 Å². The lowest BCUT2D eigenvalue weighted by molar-refractivity contribution is 0.146. The van der Waals surface area contributed by atoms with Gasteiger partial charge in [0.1, 0.15) is 5.75 Å². The number of aromatic nitrogens is 1. The van der Waals surface area contributed by atoms with E-state index in [0.717, 1.165) is 36.8 Å². The van der Waals surface area contributed by atoms with Gasteiger partial charge in [-0.15, -0.1) is 0 Å². The number of benzene rings is 1. The van der Waals surface area contributed by atoms with E-state index in [1.165, 1.54) is 10.9 Å². The van der Waals surface area contributed by atoms with Crippen molar-refractivity contribution in [3.05, 3.63) is 36.2 Å². The second-order valence-electron chi connectivity index (χ2n) is 5.50. The van der Waals surface area contributed by atoms with Crippen LogP contribution in [-0.2, 0) is 0 Å². The number of nitrogens with zero attached hydrogens (tertiary/aromatic N) is 1. The lowest BCUT2D eigenvalue weighted by Crippen LogP contribution is -2.31. The molecule has 1 aromatic heterocycles. The van der Waals surface area contributed by atoms with Gasteiger partial charge in [0.15, 0.2) is 0 Å². The number of hydrogen-bond acceptors (Lipinski definition) is 3. The van der Waals surface area contributed by atoms with Crippen LogP contribution in [0.25, 0.3) is 10.8 Å². The third-order valence-electron chi connectivity index (χ3n) is 3.95. The summed E-state index contributed by atoms with van der Waals surface area (Å²) in [6, 6.07) is 6.66. The first-order chi connectivity index (χ1) is 9.22. The largest absolute Gasteiger partial charge is 0.490 e. The number of hydrogen-bond donors (Lipinski definition) is 1. The Morgan fingerprint density at radius 3 is 2.74 bits per heavy atom. The monoisotopic (exact) mass is 256 g/mol. The standard InChI is InChI=1S/C16H20N2O/c1-11-8-13-10-18-7-6-12(13)9-16(11)19-15-4-2-14(17)3-5-15/h6-10,14-15H,2-5,17H2,1H3. The highest BCUT2D eigenvalue weighted by Gasteiger charge is 2.20. The van der Waals surface area contributed by atoms with Crippen LogP contribution in [0.4, 0.5) is 0 Å². The highest BCUT2D eigenvalue weighted by atomic mass is 16.5. The predicted octanol–water partition coefficient (Wildman–Crippen LogP) is 3.19. The van der Waals surface area contributed by atoms with E-state index in [2.05, 4.69) is 24.0 Å². The van der Waals surface area contributed by atoms with Crippen LogP contribution in [0.1, 0.15) is 31.2 Å². The van der Waals surface area contributed by atoms with Crippen molar-refractivity contribution in [2.75, 3.05) is 0 Å². The Balaban J connectivity index is 1.82. The number of rotatable bonds is 2. The van der Waals surface area contributed by atoms with Gasteiger partial charge in [0.25, 0.3) is 0 Å². The molecular weight excluding hydrogens is 236 g/mol. The van der Waals surface area contributed by atoms with Gasteiger partial charge in [-0.1, -0.05) is 0 Å². The van der Waals surface area contributed by atoms with Gasteiger partial charge in [-0.25, -0.2) is 0 Å². The normalized spacial score (nSPS) is 23.5. The van der Waals surface area contributed by atoms with Crippen LogP contribution in [0, 0.1) is 6.92 Å². The second kappa shape index (κ2) is 5.17. The molecule has 1 aromatic carbocycles. The molecule has 1 saturated carbocycles. The summed E-state index contributed by atoms with van der Waals surface area (Å²) in [4.78, 5) is 4.15. The molecule has 1 fully saturated rings. The van der Waals surface area contributed by atoms with E-state index < -0.39 is 0 Å². The molecule has 0 unspecified atom stereocenters. The molecule has 3 nitrogen and oxygen atoms in total. The van der Waals surface area contributed by atoms with Crippen molar-refractivity contribution in [2.45, 2.75) is 44.8 Å². The van der Waals surface area contributed by atoms with Crippen molar-refractivity contribution >= 4 is 10.8 Å². The summed E-state index contributed by atoms with van der Waals surface area (Å²) >= 11 is 0. The van der Waals surface area contributed by atoms with Gasteiger partial charge in [0, 0.05) is 23.8 Å². The fraction of sp³-hybridized carbons (Fsp3) is 0.438. The molecule has 3 heteroatoms. The van der Waals surface area contributed by atoms with Gasteiger partial charge in [-0.05, 0) is 61.8 Å². The Hall–Kier alpha value is -1.61. The minimum Gasteiger partial charge on any atom is -0.490 e. The van der Waals surface area contributed by atoms with E-state index in [1.807, 2.05) is 18.5 Å². The summed E-state index contributed by atoms with van der Waals surface area (Å²) in [5, 5.41) is 2.35. The Morgan fingerprint density at radius 1 is 1.16 bits per heavy atom. The molecule has 0 spiro atoms. The molecule has 0 radical (unpaired) electrons. The van der Waals surface area contributed by atoms with E-state index in [9.17, 15) is 0 Å².